The van der Waals surface area contributed by atoms with Gasteiger partial charge < -0.3 is 21.3 Å². The van der Waals surface area contributed by atoms with Gasteiger partial charge in [-0.2, -0.15) is 0 Å². The summed E-state index contributed by atoms with van der Waals surface area (Å²) in [6.45, 7) is 3.65. The molecule has 0 bridgehead atoms. The predicted molar refractivity (Wildman–Crippen MR) is 96.4 cm³/mol. The molecule has 9 heteroatoms. The van der Waals surface area contributed by atoms with Crippen LogP contribution in [0.1, 0.15) is 20.3 Å². The fraction of sp³-hybridized carbons (Fsp3) is 0.389. The molecule has 1 aromatic rings. The Morgan fingerprint density at radius 1 is 1.07 bits per heavy atom. The molecule has 0 spiro atoms. The van der Waals surface area contributed by atoms with E-state index in [0.29, 0.717) is 5.69 Å². The second-order valence-electron chi connectivity index (χ2n) is 6.49. The fourth-order valence-corrected chi connectivity index (χ4v) is 2.56. The minimum atomic E-state index is -1.03. The number of hydrogen-bond donors (Lipinski definition) is 4. The molecule has 0 radical (unpaired) electrons. The molecule has 1 aliphatic rings. The molecule has 0 aliphatic carbocycles. The third-order valence-corrected chi connectivity index (χ3v) is 4.05. The molecule has 1 aliphatic heterocycles. The van der Waals surface area contributed by atoms with Crippen LogP contribution in [0, 0.1) is 5.92 Å². The smallest absolute Gasteiger partial charge is 0.313 e. The van der Waals surface area contributed by atoms with E-state index in [0.717, 1.165) is 0 Å². The summed E-state index contributed by atoms with van der Waals surface area (Å²) in [5, 5.41) is 9.68. The van der Waals surface area contributed by atoms with Crippen LogP contribution < -0.4 is 21.3 Å². The average molecular weight is 374 g/mol. The highest BCUT2D eigenvalue weighted by molar-refractivity contribution is 6.40. The first-order chi connectivity index (χ1) is 12.8. The van der Waals surface area contributed by atoms with Gasteiger partial charge in [-0.1, -0.05) is 32.0 Å². The normalized spacial score (nSPS) is 17.7. The molecule has 0 aromatic heterocycles. The predicted octanol–water partition coefficient (Wildman–Crippen LogP) is -0.660. The molecule has 1 saturated heterocycles. The second kappa shape index (κ2) is 8.93. The van der Waals surface area contributed by atoms with E-state index in [1.807, 2.05) is 0 Å². The van der Waals surface area contributed by atoms with Gasteiger partial charge in [0.2, 0.25) is 11.7 Å². The van der Waals surface area contributed by atoms with Crippen molar-refractivity contribution in [2.24, 2.45) is 5.92 Å². The highest BCUT2D eigenvalue weighted by atomic mass is 16.2. The zero-order chi connectivity index (χ0) is 20.0. The number of carbonyl (C=O) groups excluding carboxylic acids is 5. The quantitative estimate of drug-likeness (QED) is 0.508. The Hall–Kier alpha value is -3.23. The van der Waals surface area contributed by atoms with E-state index in [2.05, 4.69) is 21.3 Å². The number of ketones is 1. The zero-order valence-corrected chi connectivity index (χ0v) is 15.1. The Kier molecular flexibility index (Phi) is 6.64. The largest absolute Gasteiger partial charge is 0.349 e. The van der Waals surface area contributed by atoms with Crippen molar-refractivity contribution in [1.29, 1.82) is 0 Å². The highest BCUT2D eigenvalue weighted by Gasteiger charge is 2.34. The van der Waals surface area contributed by atoms with Crippen LogP contribution in [0.4, 0.5) is 5.69 Å². The van der Waals surface area contributed by atoms with E-state index in [1.54, 1.807) is 44.2 Å². The summed E-state index contributed by atoms with van der Waals surface area (Å²) in [5.74, 6) is -4.33. The van der Waals surface area contributed by atoms with E-state index >= 15 is 0 Å². The molecule has 4 N–H and O–H groups in total. The topological polar surface area (TPSA) is 133 Å². The molecular formula is C18H22N4O5. The molecule has 2 rings (SSSR count). The molecular weight excluding hydrogens is 352 g/mol. The van der Waals surface area contributed by atoms with Gasteiger partial charge in [0.15, 0.2) is 0 Å². The summed E-state index contributed by atoms with van der Waals surface area (Å²) >= 11 is 0. The average Bonchev–Trinajstić information content (AvgIpc) is 2.63. The van der Waals surface area contributed by atoms with Crippen LogP contribution in [0.3, 0.4) is 0 Å². The lowest BCUT2D eigenvalue weighted by atomic mass is 10.00. The first kappa shape index (κ1) is 20.1. The Morgan fingerprint density at radius 3 is 2.37 bits per heavy atom. The van der Waals surface area contributed by atoms with Gasteiger partial charge in [0.25, 0.3) is 5.91 Å². The number of carbonyl (C=O) groups is 5. The third kappa shape index (κ3) is 5.37. The van der Waals surface area contributed by atoms with Crippen molar-refractivity contribution >= 4 is 35.1 Å². The molecule has 9 nitrogen and oxygen atoms in total. The van der Waals surface area contributed by atoms with E-state index < -0.39 is 41.5 Å². The van der Waals surface area contributed by atoms with E-state index in [9.17, 15) is 24.0 Å². The Morgan fingerprint density at radius 2 is 1.74 bits per heavy atom. The lowest BCUT2D eigenvalue weighted by molar-refractivity contribution is -0.142. The molecule has 2 unspecified atom stereocenters. The van der Waals surface area contributed by atoms with Crippen LogP contribution in [-0.2, 0) is 24.0 Å². The van der Waals surface area contributed by atoms with Gasteiger partial charge in [-0.05, 0) is 24.5 Å². The van der Waals surface area contributed by atoms with Crippen LogP contribution in [0.5, 0.6) is 0 Å². The number of hydrogen-bond acceptors (Lipinski definition) is 5. The van der Waals surface area contributed by atoms with E-state index in [-0.39, 0.29) is 18.9 Å². The Bertz CT molecular complexity index is 747. The fourth-order valence-electron chi connectivity index (χ4n) is 2.56. The van der Waals surface area contributed by atoms with Crippen molar-refractivity contribution in [2.75, 3.05) is 11.9 Å². The molecule has 1 aromatic carbocycles. The number of nitrogens with one attached hydrogen (secondary N) is 4. The Labute approximate surface area is 156 Å². The SMILES string of the molecule is CC(C)C(NC(=O)C(=O)Nc1ccccc1)C(=O)NC1CCNC(=O)C1=O. The van der Waals surface area contributed by atoms with Gasteiger partial charge in [-0.25, -0.2) is 0 Å². The number of amides is 4. The summed E-state index contributed by atoms with van der Waals surface area (Å²) in [4.78, 5) is 59.8. The monoisotopic (exact) mass is 374 g/mol. The van der Waals surface area contributed by atoms with Gasteiger partial charge in [0.05, 0.1) is 6.04 Å². The molecule has 0 saturated carbocycles. The number of piperidine rings is 1. The maximum atomic E-state index is 12.5. The van der Waals surface area contributed by atoms with Crippen LogP contribution in [-0.4, -0.2) is 48.0 Å². The minimum Gasteiger partial charge on any atom is -0.349 e. The van der Waals surface area contributed by atoms with Crippen molar-refractivity contribution in [3.8, 4) is 0 Å². The van der Waals surface area contributed by atoms with Crippen LogP contribution in [0.25, 0.3) is 0 Å². The summed E-state index contributed by atoms with van der Waals surface area (Å²) in [6.07, 6.45) is 0.267. The maximum Gasteiger partial charge on any atom is 0.313 e. The number of anilines is 1. The number of Topliss-reactive ketones (excluding diaryl/α,β-unsaturated/α-hetero) is 1. The lowest BCUT2D eigenvalue weighted by Gasteiger charge is -2.26. The van der Waals surface area contributed by atoms with Crippen molar-refractivity contribution in [1.82, 2.24) is 16.0 Å². The zero-order valence-electron chi connectivity index (χ0n) is 15.1. The van der Waals surface area contributed by atoms with Gasteiger partial charge in [0, 0.05) is 12.2 Å². The first-order valence-corrected chi connectivity index (χ1v) is 8.59. The standard InChI is InChI=1S/C18H22N4O5/c1-10(2)13(15(24)21-12-8-9-19-16(25)14(12)23)22-18(27)17(26)20-11-6-4-3-5-7-11/h3-7,10,12-13H,8-9H2,1-2H3,(H,19,25)(H,20,26)(H,21,24)(H,22,27). The molecule has 1 fully saturated rings. The number of rotatable bonds is 5. The molecule has 2 atom stereocenters. The summed E-state index contributed by atoms with van der Waals surface area (Å²) in [6, 6.07) is 6.45. The van der Waals surface area contributed by atoms with Gasteiger partial charge in [0.1, 0.15) is 6.04 Å². The van der Waals surface area contributed by atoms with Gasteiger partial charge >= 0.3 is 11.8 Å². The van der Waals surface area contributed by atoms with Crippen molar-refractivity contribution in [3.05, 3.63) is 30.3 Å². The molecule has 27 heavy (non-hydrogen) atoms. The molecule has 1 heterocycles. The summed E-state index contributed by atoms with van der Waals surface area (Å²) in [5.41, 5.74) is 0.446. The first-order valence-electron chi connectivity index (χ1n) is 8.59. The Balaban J connectivity index is 1.98. The highest BCUT2D eigenvalue weighted by Crippen LogP contribution is 2.07. The third-order valence-electron chi connectivity index (χ3n) is 4.05. The van der Waals surface area contributed by atoms with Crippen molar-refractivity contribution in [2.45, 2.75) is 32.4 Å². The lowest BCUT2D eigenvalue weighted by Crippen LogP contribution is -2.58. The van der Waals surface area contributed by atoms with Crippen LogP contribution >= 0.6 is 0 Å². The summed E-state index contributed by atoms with van der Waals surface area (Å²) in [7, 11) is 0. The number of para-hydroxylation sites is 1. The summed E-state index contributed by atoms with van der Waals surface area (Å²) < 4.78 is 0. The number of benzene rings is 1. The minimum absolute atomic E-state index is 0.267. The van der Waals surface area contributed by atoms with Gasteiger partial charge in [-0.3, -0.25) is 24.0 Å². The van der Waals surface area contributed by atoms with Crippen molar-refractivity contribution < 1.29 is 24.0 Å². The molecule has 144 valence electrons. The maximum absolute atomic E-state index is 12.5. The second-order valence-corrected chi connectivity index (χ2v) is 6.49. The van der Waals surface area contributed by atoms with Crippen LogP contribution in [0.15, 0.2) is 30.3 Å². The van der Waals surface area contributed by atoms with Gasteiger partial charge in [-0.15, -0.1) is 0 Å². The van der Waals surface area contributed by atoms with E-state index in [4.69, 9.17) is 0 Å². The van der Waals surface area contributed by atoms with Crippen molar-refractivity contribution in [3.63, 3.8) is 0 Å². The van der Waals surface area contributed by atoms with E-state index in [1.165, 1.54) is 0 Å². The van der Waals surface area contributed by atoms with Crippen LogP contribution in [0.2, 0.25) is 0 Å². The molecule has 4 amide bonds.